The molecule has 2 atom stereocenters. The van der Waals surface area contributed by atoms with E-state index in [-0.39, 0.29) is 82.2 Å². The van der Waals surface area contributed by atoms with E-state index in [1.54, 1.807) is 97.7 Å². The van der Waals surface area contributed by atoms with Gasteiger partial charge in [-0.15, -0.1) is 12.4 Å². The van der Waals surface area contributed by atoms with Gasteiger partial charge in [0.25, 0.3) is 35.4 Å². The van der Waals surface area contributed by atoms with E-state index >= 15 is 0 Å². The summed E-state index contributed by atoms with van der Waals surface area (Å²) >= 11 is 4.01. The lowest BCUT2D eigenvalue weighted by Gasteiger charge is -2.43. The summed E-state index contributed by atoms with van der Waals surface area (Å²) in [6.07, 6.45) is 0. The lowest BCUT2D eigenvalue weighted by molar-refractivity contribution is -0.119. The zero-order valence-corrected chi connectivity index (χ0v) is 48.3. The number of methoxy groups -OCH3 is 2. The van der Waals surface area contributed by atoms with Gasteiger partial charge in [0.1, 0.15) is 28.8 Å². The normalized spacial score (nSPS) is 15.9. The van der Waals surface area contributed by atoms with Crippen LogP contribution in [0.25, 0.3) is 0 Å². The van der Waals surface area contributed by atoms with Gasteiger partial charge in [-0.25, -0.2) is 0 Å². The number of aromatic hydroxyl groups is 1. The van der Waals surface area contributed by atoms with E-state index in [1.165, 1.54) is 17.0 Å². The van der Waals surface area contributed by atoms with Crippen molar-refractivity contribution in [3.8, 4) is 23.0 Å². The van der Waals surface area contributed by atoms with E-state index in [2.05, 4.69) is 25.8 Å². The molecule has 0 unspecified atom stereocenters. The van der Waals surface area contributed by atoms with E-state index < -0.39 is 33.7 Å². The summed E-state index contributed by atoms with van der Waals surface area (Å²) in [7, 11) is -0.994. The Bertz CT molecular complexity index is 3590. The lowest BCUT2D eigenvalue weighted by Crippen LogP contribution is -2.48. The number of fused-ring (bicyclic) bond motifs is 2. The molecule has 4 heterocycles. The van der Waals surface area contributed by atoms with Gasteiger partial charge in [0.2, 0.25) is 0 Å². The molecule has 21 heteroatoms. The number of phenolic OH excluding ortho intramolecular Hbond substituents is 1. The average molecular weight is 1160 g/mol. The van der Waals surface area contributed by atoms with Crippen LogP contribution < -0.4 is 23.5 Å². The minimum Gasteiger partial charge on any atom is -0.508 e. The maximum atomic E-state index is 12.9. The number of carbonyl (C=O) groups excluding carboxylic acids is 6. The Morgan fingerprint density at radius 3 is 1.28 bits per heavy atom. The number of hydrogen-bond acceptors (Lipinski definition) is 13. The molecule has 5 N–H and O–H groups in total. The number of nitrogens with zero attached hydrogens (tertiary/aromatic N) is 4. The smallest absolute Gasteiger partial charge is 0.310 e. The largest absolute Gasteiger partial charge is 0.508 e. The third-order valence-electron chi connectivity index (χ3n) is 14.3. The Hall–Kier alpha value is -8.27. The number of thiol groups is 1. The lowest BCUT2D eigenvalue weighted by atomic mass is 9.87. The van der Waals surface area contributed by atoms with Gasteiger partial charge in [-0.1, -0.05) is 61.7 Å². The summed E-state index contributed by atoms with van der Waals surface area (Å²) in [6, 6.07) is 30.5. The van der Waals surface area contributed by atoms with Crippen molar-refractivity contribution in [2.24, 2.45) is 0 Å². The van der Waals surface area contributed by atoms with Crippen LogP contribution in [0.15, 0.2) is 133 Å². The van der Waals surface area contributed by atoms with Gasteiger partial charge >= 0.3 is 10.1 Å². The maximum Gasteiger partial charge on any atom is 0.310 e. The molecule has 426 valence electrons. The number of aryl methyl sites for hydroxylation is 4. The molecule has 6 amide bonds. The summed E-state index contributed by atoms with van der Waals surface area (Å²) in [5.41, 5.74) is 10.6. The third kappa shape index (κ3) is 12.1. The molecule has 6 aromatic carbocycles. The monoisotopic (exact) mass is 1160 g/mol. The van der Waals surface area contributed by atoms with Crippen LogP contribution in [-0.2, 0) is 19.7 Å². The second kappa shape index (κ2) is 25.5. The number of β-lactam (4-membered cyclic amide) rings is 2. The van der Waals surface area contributed by atoms with Gasteiger partial charge in [0.05, 0.1) is 48.6 Å². The Kier molecular flexibility index (Phi) is 20.0. The number of ether oxygens (including phenoxy) is 2. The predicted octanol–water partition coefficient (Wildman–Crippen LogP) is 8.22. The number of anilines is 2. The Labute approximate surface area is 481 Å². The molecule has 6 aromatic rings. The van der Waals surface area contributed by atoms with Gasteiger partial charge in [0.15, 0.2) is 0 Å². The van der Waals surface area contributed by atoms with E-state index in [9.17, 15) is 42.3 Å². The van der Waals surface area contributed by atoms with Crippen LogP contribution in [0.4, 0.5) is 11.4 Å². The van der Waals surface area contributed by atoms with Crippen LogP contribution in [0.5, 0.6) is 23.0 Å². The second-order valence-electron chi connectivity index (χ2n) is 19.1. The molecular weight excluding hydrogens is 1100 g/mol. The second-order valence-corrected chi connectivity index (χ2v) is 21.3. The molecule has 4 aliphatic heterocycles. The van der Waals surface area contributed by atoms with Crippen molar-refractivity contribution in [1.82, 2.24) is 9.80 Å². The topological polar surface area (TPSA) is 260 Å². The van der Waals surface area contributed by atoms with Crippen molar-refractivity contribution in [1.29, 1.82) is 0 Å². The molecule has 18 nitrogen and oxygen atoms in total. The highest BCUT2D eigenvalue weighted by molar-refractivity contribution is 7.87. The van der Waals surface area contributed by atoms with E-state index in [4.69, 9.17) is 13.7 Å². The van der Waals surface area contributed by atoms with Crippen molar-refractivity contribution >= 4 is 82.0 Å². The fourth-order valence-corrected chi connectivity index (χ4v) is 10.7. The molecule has 0 radical (unpaired) electrons. The van der Waals surface area contributed by atoms with Gasteiger partial charge in [0, 0.05) is 53.5 Å². The van der Waals surface area contributed by atoms with Crippen molar-refractivity contribution in [3.05, 3.63) is 200 Å². The highest BCUT2D eigenvalue weighted by Gasteiger charge is 2.45. The molecular formula is C60H63ClN4O14S2. The molecule has 0 spiro atoms. The summed E-state index contributed by atoms with van der Waals surface area (Å²) in [5.74, 6) is -0.220. The predicted molar refractivity (Wildman–Crippen MR) is 314 cm³/mol. The van der Waals surface area contributed by atoms with Gasteiger partial charge < -0.3 is 29.7 Å². The van der Waals surface area contributed by atoms with E-state index in [0.717, 1.165) is 49.7 Å². The molecule has 0 aliphatic carbocycles. The molecule has 0 aromatic heterocycles. The van der Waals surface area contributed by atoms with Crippen LogP contribution in [0.2, 0.25) is 0 Å². The van der Waals surface area contributed by atoms with Gasteiger partial charge in [-0.05, 0) is 135 Å². The molecule has 2 saturated heterocycles. The standard InChI is InChI=1S/C30H28N2O7S.C20H21NO3.C10H9NO2S.ClH.2H2O/c1-17-10-11-21(27-20(4)28(33)32(27)22-14-18(2)19(3)26(16-22)38-5)15-25(17)39-40(36,37)13-12-31-29(34)23-8-6-7-9-24(23)30(31)35;1-11-6-7-15(9-17(11)22)19-14(4)20(23)21(19)16-8-12(2)13(3)18(10-16)24-5;12-9-7-3-1-2-4-8(7)10(13)11(9)5-6-14;;;/h6-11,14-16,27H,4,12-13H2,1-3,5H3;6-10,19,22H,4H2,1-3,5H3;1-4,14H,5-6H2;1H;2*1H2/t27-;19-;;;;/m11..../s1. The number of hydrogen-bond donors (Lipinski definition) is 2. The third-order valence-corrected chi connectivity index (χ3v) is 15.6. The zero-order chi connectivity index (χ0) is 56.7. The molecule has 4 aliphatic rings. The SMILES string of the molecule is C=C1C(=O)N(c2cc(C)c(C)c(OC)c2)[C@H]1c1ccc(C)c(O)c1.C=C1C(=O)N(c2cc(C)c(C)c(OC)c2)[C@H]1c1ccc(C)c(OS(=O)(=O)CCN2C(=O)c3ccccc3C2=O)c1.Cl.O.O.O=C1c2ccccc2C(=O)N1CCS. The highest BCUT2D eigenvalue weighted by Crippen LogP contribution is 2.47. The van der Waals surface area contributed by atoms with Crippen molar-refractivity contribution in [2.75, 3.05) is 48.6 Å². The Morgan fingerprint density at radius 1 is 0.519 bits per heavy atom. The first-order valence-electron chi connectivity index (χ1n) is 24.7. The van der Waals surface area contributed by atoms with Crippen LogP contribution in [0.1, 0.15) is 98.0 Å². The van der Waals surface area contributed by atoms with Crippen LogP contribution in [0.3, 0.4) is 0 Å². The van der Waals surface area contributed by atoms with Crippen molar-refractivity contribution in [3.63, 3.8) is 0 Å². The van der Waals surface area contributed by atoms with Gasteiger partial charge in [-0.3, -0.25) is 48.4 Å². The van der Waals surface area contributed by atoms with E-state index in [1.807, 2.05) is 65.0 Å². The molecule has 2 fully saturated rings. The Balaban J connectivity index is 0.000000248. The first-order chi connectivity index (χ1) is 37.0. The number of amides is 6. The number of imide groups is 2. The van der Waals surface area contributed by atoms with Crippen molar-refractivity contribution < 1.29 is 66.9 Å². The zero-order valence-electron chi connectivity index (χ0n) is 45.8. The first kappa shape index (κ1) is 63.6. The fraction of sp³-hybridized carbons (Fsp3) is 0.233. The highest BCUT2D eigenvalue weighted by atomic mass is 35.5. The quantitative estimate of drug-likeness (QED) is 0.0364. The number of halogens is 1. The van der Waals surface area contributed by atoms with Crippen LogP contribution in [0, 0.1) is 41.5 Å². The average Bonchev–Trinajstić information content (AvgIpc) is 3.81. The van der Waals surface area contributed by atoms with Gasteiger partial charge in [-0.2, -0.15) is 21.0 Å². The van der Waals surface area contributed by atoms with Crippen LogP contribution in [-0.4, -0.2) is 109 Å². The number of benzene rings is 6. The molecule has 10 rings (SSSR count). The van der Waals surface area contributed by atoms with E-state index in [0.29, 0.717) is 57.1 Å². The fourth-order valence-electron chi connectivity index (χ4n) is 9.55. The molecule has 0 bridgehead atoms. The minimum absolute atomic E-state index is 0. The summed E-state index contributed by atoms with van der Waals surface area (Å²) in [4.78, 5) is 79.2. The first-order valence-corrected chi connectivity index (χ1v) is 26.9. The maximum absolute atomic E-state index is 12.9. The summed E-state index contributed by atoms with van der Waals surface area (Å²) in [6.45, 7) is 19.3. The minimum atomic E-state index is -4.18. The molecule has 0 saturated carbocycles. The van der Waals surface area contributed by atoms with Crippen molar-refractivity contribution in [2.45, 2.75) is 53.6 Å². The summed E-state index contributed by atoms with van der Waals surface area (Å²) in [5, 5.41) is 9.99. The Morgan fingerprint density at radius 2 is 0.901 bits per heavy atom. The molecule has 81 heavy (non-hydrogen) atoms. The summed E-state index contributed by atoms with van der Waals surface area (Å²) < 4.78 is 42.2. The van der Waals surface area contributed by atoms with Crippen LogP contribution >= 0.6 is 25.0 Å². The number of rotatable bonds is 13. The number of carbonyl (C=O) groups is 6. The number of phenols is 1.